The van der Waals surface area contributed by atoms with Crippen molar-refractivity contribution in [3.05, 3.63) is 71.0 Å². The van der Waals surface area contributed by atoms with E-state index in [-0.39, 0.29) is 29.8 Å². The van der Waals surface area contributed by atoms with Crippen LogP contribution in [0.25, 0.3) is 0 Å². The molecule has 1 fully saturated rings. The normalized spacial score (nSPS) is 15.8. The fourth-order valence-electron chi connectivity index (χ4n) is 3.63. The van der Waals surface area contributed by atoms with Crippen molar-refractivity contribution >= 4 is 29.9 Å². The molecule has 0 amide bonds. The number of aliphatic hydroxyl groups is 1. The van der Waals surface area contributed by atoms with Crippen molar-refractivity contribution in [3.8, 4) is 0 Å². The molecule has 1 atom stereocenters. The lowest BCUT2D eigenvalue weighted by Crippen LogP contribution is -2.39. The van der Waals surface area contributed by atoms with E-state index in [0.29, 0.717) is 24.6 Å². The van der Waals surface area contributed by atoms with E-state index in [4.69, 9.17) is 0 Å². The van der Waals surface area contributed by atoms with E-state index >= 15 is 0 Å². The van der Waals surface area contributed by atoms with Gasteiger partial charge in [0.25, 0.3) is 0 Å². The van der Waals surface area contributed by atoms with Crippen molar-refractivity contribution in [1.82, 2.24) is 15.5 Å². The van der Waals surface area contributed by atoms with Crippen LogP contribution in [0.5, 0.6) is 0 Å². The van der Waals surface area contributed by atoms with Crippen LogP contribution in [-0.2, 0) is 13.1 Å². The first-order chi connectivity index (χ1) is 14.6. The summed E-state index contributed by atoms with van der Waals surface area (Å²) in [4.78, 5) is 7.15. The number of aliphatic imine (C=N–C) groups is 1. The van der Waals surface area contributed by atoms with Crippen molar-refractivity contribution in [2.75, 3.05) is 26.2 Å². The minimum absolute atomic E-state index is 0. The first-order valence-electron chi connectivity index (χ1n) is 10.9. The smallest absolute Gasteiger partial charge is 0.191 e. The van der Waals surface area contributed by atoms with Gasteiger partial charge in [0.1, 0.15) is 5.82 Å². The summed E-state index contributed by atoms with van der Waals surface area (Å²) in [5, 5.41) is 16.7. The molecular formula is C24H34FIN4O. The number of hydrogen-bond donors (Lipinski definition) is 3. The molecule has 0 spiro atoms. The summed E-state index contributed by atoms with van der Waals surface area (Å²) in [6.45, 7) is 7.02. The third-order valence-electron chi connectivity index (χ3n) is 5.36. The van der Waals surface area contributed by atoms with Gasteiger partial charge in [-0.3, -0.25) is 4.90 Å². The number of aliphatic hydroxyl groups excluding tert-OH is 1. The number of piperidine rings is 1. The average molecular weight is 540 g/mol. The number of halogens is 2. The van der Waals surface area contributed by atoms with Gasteiger partial charge in [-0.25, -0.2) is 9.38 Å². The van der Waals surface area contributed by atoms with Crippen LogP contribution in [0.3, 0.4) is 0 Å². The molecule has 1 saturated heterocycles. The van der Waals surface area contributed by atoms with E-state index in [0.717, 1.165) is 18.7 Å². The van der Waals surface area contributed by atoms with Gasteiger partial charge in [0.15, 0.2) is 5.96 Å². The molecule has 0 aromatic heterocycles. The molecule has 1 aliphatic heterocycles. The van der Waals surface area contributed by atoms with Crippen molar-refractivity contribution < 1.29 is 9.50 Å². The Morgan fingerprint density at radius 1 is 1.00 bits per heavy atom. The van der Waals surface area contributed by atoms with Gasteiger partial charge in [0, 0.05) is 19.6 Å². The lowest BCUT2D eigenvalue weighted by atomic mass is 10.1. The zero-order valence-corrected chi connectivity index (χ0v) is 20.5. The Morgan fingerprint density at radius 2 is 1.65 bits per heavy atom. The van der Waals surface area contributed by atoms with Crippen LogP contribution in [0.4, 0.5) is 4.39 Å². The van der Waals surface area contributed by atoms with E-state index < -0.39 is 6.10 Å². The van der Waals surface area contributed by atoms with Crippen LogP contribution in [0.2, 0.25) is 0 Å². The second kappa shape index (κ2) is 13.6. The monoisotopic (exact) mass is 540 g/mol. The Balaban J connectivity index is 0.00000341. The predicted molar refractivity (Wildman–Crippen MR) is 135 cm³/mol. The SMILES string of the molecule is CCNC(=NCc1ccc(CN2CCCCC2)cc1)NCC(O)c1ccc(F)cc1.I. The van der Waals surface area contributed by atoms with E-state index in [1.165, 1.54) is 50.0 Å². The highest BCUT2D eigenvalue weighted by atomic mass is 127. The Kier molecular flexibility index (Phi) is 11.2. The standard InChI is InChI=1S/C24H33FN4O.HI/c1-2-26-24(28-17-23(30)21-10-12-22(25)13-11-21)27-16-19-6-8-20(9-7-19)18-29-14-4-3-5-15-29;/h6-13,23,30H,2-5,14-18H2,1H3,(H2,26,27,28);1H. The molecule has 0 aliphatic carbocycles. The Labute approximate surface area is 202 Å². The Hall–Kier alpha value is -1.71. The first kappa shape index (κ1) is 25.5. The van der Waals surface area contributed by atoms with Gasteiger partial charge < -0.3 is 15.7 Å². The fraction of sp³-hybridized carbons (Fsp3) is 0.458. The van der Waals surface area contributed by atoms with E-state index in [2.05, 4.69) is 44.8 Å². The number of likely N-dealkylation sites (tertiary alicyclic amines) is 1. The molecule has 3 rings (SSSR count). The van der Waals surface area contributed by atoms with Crippen molar-refractivity contribution in [2.45, 2.75) is 45.4 Å². The minimum Gasteiger partial charge on any atom is -0.387 e. The van der Waals surface area contributed by atoms with Crippen LogP contribution < -0.4 is 10.6 Å². The predicted octanol–water partition coefficient (Wildman–Crippen LogP) is 4.22. The summed E-state index contributed by atoms with van der Waals surface area (Å²) in [6, 6.07) is 14.6. The molecule has 1 heterocycles. The molecule has 0 radical (unpaired) electrons. The highest BCUT2D eigenvalue weighted by molar-refractivity contribution is 14.0. The number of benzene rings is 2. The molecule has 1 unspecified atom stereocenters. The third-order valence-corrected chi connectivity index (χ3v) is 5.36. The molecule has 2 aromatic carbocycles. The zero-order chi connectivity index (χ0) is 21.2. The van der Waals surface area contributed by atoms with E-state index in [1.807, 2.05) is 6.92 Å². The van der Waals surface area contributed by atoms with Crippen molar-refractivity contribution in [1.29, 1.82) is 0 Å². The largest absolute Gasteiger partial charge is 0.387 e. The lowest BCUT2D eigenvalue weighted by Gasteiger charge is -2.26. The quantitative estimate of drug-likeness (QED) is 0.267. The molecule has 2 aromatic rings. The fourth-order valence-corrected chi connectivity index (χ4v) is 3.63. The second-order valence-electron chi connectivity index (χ2n) is 7.80. The maximum Gasteiger partial charge on any atom is 0.191 e. The van der Waals surface area contributed by atoms with Crippen molar-refractivity contribution in [3.63, 3.8) is 0 Å². The van der Waals surface area contributed by atoms with Gasteiger partial charge >= 0.3 is 0 Å². The number of rotatable bonds is 8. The molecule has 1 aliphatic rings. The highest BCUT2D eigenvalue weighted by Gasteiger charge is 2.11. The molecule has 0 bridgehead atoms. The van der Waals surface area contributed by atoms with Crippen LogP contribution in [0.1, 0.15) is 49.0 Å². The first-order valence-corrected chi connectivity index (χ1v) is 10.9. The summed E-state index contributed by atoms with van der Waals surface area (Å²) in [7, 11) is 0. The maximum absolute atomic E-state index is 13.0. The molecule has 0 saturated carbocycles. The summed E-state index contributed by atoms with van der Waals surface area (Å²) in [5.74, 6) is 0.340. The summed E-state index contributed by atoms with van der Waals surface area (Å²) in [6.07, 6.45) is 3.24. The number of hydrogen-bond acceptors (Lipinski definition) is 3. The molecule has 7 heteroatoms. The zero-order valence-electron chi connectivity index (χ0n) is 18.2. The molecule has 3 N–H and O–H groups in total. The summed E-state index contributed by atoms with van der Waals surface area (Å²) < 4.78 is 13.0. The van der Waals surface area contributed by atoms with Gasteiger partial charge in [-0.15, -0.1) is 24.0 Å². The van der Waals surface area contributed by atoms with Gasteiger partial charge in [0.2, 0.25) is 0 Å². The van der Waals surface area contributed by atoms with E-state index in [1.54, 1.807) is 12.1 Å². The van der Waals surface area contributed by atoms with Crippen LogP contribution in [-0.4, -0.2) is 42.1 Å². The number of guanidine groups is 1. The Morgan fingerprint density at radius 3 is 2.29 bits per heavy atom. The van der Waals surface area contributed by atoms with Crippen LogP contribution in [0, 0.1) is 5.82 Å². The van der Waals surface area contributed by atoms with E-state index in [9.17, 15) is 9.50 Å². The van der Waals surface area contributed by atoms with Crippen molar-refractivity contribution in [2.24, 2.45) is 4.99 Å². The number of nitrogens with zero attached hydrogens (tertiary/aromatic N) is 2. The third kappa shape index (κ3) is 8.74. The lowest BCUT2D eigenvalue weighted by molar-refractivity contribution is 0.180. The molecule has 31 heavy (non-hydrogen) atoms. The maximum atomic E-state index is 13.0. The number of nitrogens with one attached hydrogen (secondary N) is 2. The molecule has 170 valence electrons. The summed E-state index contributed by atoms with van der Waals surface area (Å²) in [5.41, 5.74) is 3.16. The summed E-state index contributed by atoms with van der Waals surface area (Å²) >= 11 is 0. The highest BCUT2D eigenvalue weighted by Crippen LogP contribution is 2.14. The van der Waals surface area contributed by atoms with Crippen LogP contribution in [0.15, 0.2) is 53.5 Å². The van der Waals surface area contributed by atoms with Gasteiger partial charge in [0.05, 0.1) is 12.6 Å². The second-order valence-corrected chi connectivity index (χ2v) is 7.80. The molecule has 5 nitrogen and oxygen atoms in total. The van der Waals surface area contributed by atoms with Gasteiger partial charge in [-0.2, -0.15) is 0 Å². The van der Waals surface area contributed by atoms with Gasteiger partial charge in [-0.1, -0.05) is 42.8 Å². The minimum atomic E-state index is -0.733. The van der Waals surface area contributed by atoms with Crippen LogP contribution >= 0.6 is 24.0 Å². The Bertz CT molecular complexity index is 792. The van der Waals surface area contributed by atoms with Gasteiger partial charge in [-0.05, 0) is 61.7 Å². The average Bonchev–Trinajstić information content (AvgIpc) is 2.77. The topological polar surface area (TPSA) is 59.9 Å². The molecular weight excluding hydrogens is 506 g/mol.